The molecule has 0 N–H and O–H groups in total. The molecule has 0 aliphatic carbocycles. The Morgan fingerprint density at radius 2 is 2.17 bits per heavy atom. The molecule has 0 aliphatic heterocycles. The van der Waals surface area contributed by atoms with Gasteiger partial charge in [0, 0.05) is 11.4 Å². The van der Waals surface area contributed by atoms with Crippen molar-refractivity contribution in [3.8, 4) is 0 Å². The Morgan fingerprint density at radius 3 is 2.94 bits per heavy atom. The van der Waals surface area contributed by atoms with E-state index < -0.39 is 0 Å². The molecule has 1 aromatic carbocycles. The van der Waals surface area contributed by atoms with Gasteiger partial charge in [-0.05, 0) is 25.5 Å². The second-order valence-electron chi connectivity index (χ2n) is 4.49. The number of benzene rings is 1. The van der Waals surface area contributed by atoms with Crippen LogP contribution in [-0.2, 0) is 0 Å². The molecule has 4 heteroatoms. The molecule has 4 nitrogen and oxygen atoms in total. The van der Waals surface area contributed by atoms with Gasteiger partial charge in [0.2, 0.25) is 0 Å². The van der Waals surface area contributed by atoms with Crippen LogP contribution in [0.2, 0.25) is 0 Å². The molecule has 0 fully saturated rings. The normalized spacial score (nSPS) is 13.2. The standard InChI is InChI=1S/C14H14N2O2/c1-3-9(2)16-8-15-12-13(16)10-6-4-5-7-11(10)18-14(12)17/h4-9H,3H2,1-2H3/t9-/m0/s1. The Balaban J connectivity index is 2.51. The summed E-state index contributed by atoms with van der Waals surface area (Å²) >= 11 is 0. The average Bonchev–Trinajstić information content (AvgIpc) is 2.83. The van der Waals surface area contributed by atoms with Gasteiger partial charge >= 0.3 is 5.63 Å². The number of nitrogens with zero attached hydrogens (tertiary/aromatic N) is 2. The van der Waals surface area contributed by atoms with Crippen LogP contribution in [-0.4, -0.2) is 9.55 Å². The first-order chi connectivity index (χ1) is 8.72. The largest absolute Gasteiger partial charge is 0.421 e. The van der Waals surface area contributed by atoms with E-state index in [4.69, 9.17) is 4.42 Å². The average molecular weight is 242 g/mol. The van der Waals surface area contributed by atoms with Crippen LogP contribution in [0, 0.1) is 0 Å². The van der Waals surface area contributed by atoms with Crippen molar-refractivity contribution in [2.45, 2.75) is 26.3 Å². The Bertz CT molecular complexity index is 770. The molecule has 1 atom stereocenters. The first-order valence-electron chi connectivity index (χ1n) is 6.10. The third kappa shape index (κ3) is 1.45. The second-order valence-corrected chi connectivity index (χ2v) is 4.49. The van der Waals surface area contributed by atoms with E-state index in [0.717, 1.165) is 17.3 Å². The van der Waals surface area contributed by atoms with E-state index >= 15 is 0 Å². The lowest BCUT2D eigenvalue weighted by Crippen LogP contribution is -2.05. The SMILES string of the molecule is CC[C@H](C)n1cnc2c(=O)oc3ccccc3c21. The van der Waals surface area contributed by atoms with Crippen LogP contribution in [0.1, 0.15) is 26.3 Å². The van der Waals surface area contributed by atoms with Gasteiger partial charge in [0.15, 0.2) is 5.52 Å². The summed E-state index contributed by atoms with van der Waals surface area (Å²) in [4.78, 5) is 16.1. The van der Waals surface area contributed by atoms with Gasteiger partial charge in [-0.1, -0.05) is 19.1 Å². The van der Waals surface area contributed by atoms with Crippen molar-refractivity contribution in [2.75, 3.05) is 0 Å². The highest BCUT2D eigenvalue weighted by Gasteiger charge is 2.15. The molecule has 0 aliphatic rings. The minimum atomic E-state index is -0.370. The first kappa shape index (κ1) is 11.0. The molecule has 0 radical (unpaired) electrons. The molecule has 0 bridgehead atoms. The van der Waals surface area contributed by atoms with Gasteiger partial charge in [-0.2, -0.15) is 0 Å². The molecule has 0 spiro atoms. The van der Waals surface area contributed by atoms with Gasteiger partial charge in [0.25, 0.3) is 0 Å². The van der Waals surface area contributed by atoms with Crippen molar-refractivity contribution < 1.29 is 4.42 Å². The predicted octanol–water partition coefficient (Wildman–Crippen LogP) is 3.11. The smallest absolute Gasteiger partial charge is 0.364 e. The number of hydrogen-bond donors (Lipinski definition) is 0. The molecule has 2 aromatic heterocycles. The highest BCUT2D eigenvalue weighted by atomic mass is 16.4. The van der Waals surface area contributed by atoms with Crippen LogP contribution >= 0.6 is 0 Å². The summed E-state index contributed by atoms with van der Waals surface area (Å²) in [5.41, 5.74) is 1.52. The molecular weight excluding hydrogens is 228 g/mol. The van der Waals surface area contributed by atoms with E-state index in [1.54, 1.807) is 6.33 Å². The van der Waals surface area contributed by atoms with Crippen LogP contribution in [0.4, 0.5) is 0 Å². The molecular formula is C14H14N2O2. The summed E-state index contributed by atoms with van der Waals surface area (Å²) in [7, 11) is 0. The van der Waals surface area contributed by atoms with Gasteiger partial charge < -0.3 is 8.98 Å². The fourth-order valence-electron chi connectivity index (χ4n) is 2.21. The molecule has 3 aromatic rings. The second kappa shape index (κ2) is 3.98. The van der Waals surface area contributed by atoms with Gasteiger partial charge in [-0.3, -0.25) is 0 Å². The molecule has 0 amide bonds. The monoisotopic (exact) mass is 242 g/mol. The number of rotatable bonds is 2. The van der Waals surface area contributed by atoms with Gasteiger partial charge in [0.1, 0.15) is 5.58 Å². The summed E-state index contributed by atoms with van der Waals surface area (Å²) in [5.74, 6) is 0. The number of para-hydroxylation sites is 1. The van der Waals surface area contributed by atoms with E-state index in [-0.39, 0.29) is 5.63 Å². The van der Waals surface area contributed by atoms with E-state index in [2.05, 4.69) is 23.4 Å². The lowest BCUT2D eigenvalue weighted by Gasteiger charge is -2.12. The molecule has 92 valence electrons. The topological polar surface area (TPSA) is 48.0 Å². The van der Waals surface area contributed by atoms with Crippen molar-refractivity contribution in [3.63, 3.8) is 0 Å². The fraction of sp³-hybridized carbons (Fsp3) is 0.286. The third-order valence-electron chi connectivity index (χ3n) is 3.40. The summed E-state index contributed by atoms with van der Waals surface area (Å²) in [6, 6.07) is 7.88. The number of hydrogen-bond acceptors (Lipinski definition) is 3. The maximum atomic E-state index is 11.9. The minimum absolute atomic E-state index is 0.306. The number of aromatic nitrogens is 2. The first-order valence-corrected chi connectivity index (χ1v) is 6.10. The molecule has 0 saturated heterocycles. The summed E-state index contributed by atoms with van der Waals surface area (Å²) < 4.78 is 7.32. The molecule has 18 heavy (non-hydrogen) atoms. The van der Waals surface area contributed by atoms with E-state index in [1.807, 2.05) is 24.3 Å². The van der Waals surface area contributed by atoms with Crippen LogP contribution in [0.3, 0.4) is 0 Å². The van der Waals surface area contributed by atoms with Crippen molar-refractivity contribution in [3.05, 3.63) is 41.0 Å². The number of imidazole rings is 1. The van der Waals surface area contributed by atoms with E-state index in [1.165, 1.54) is 0 Å². The Morgan fingerprint density at radius 1 is 1.39 bits per heavy atom. The lowest BCUT2D eigenvalue weighted by molar-refractivity contribution is 0.543. The molecule has 3 rings (SSSR count). The third-order valence-corrected chi connectivity index (χ3v) is 3.40. The Kier molecular flexibility index (Phi) is 2.44. The van der Waals surface area contributed by atoms with Gasteiger partial charge in [-0.25, -0.2) is 9.78 Å². The quantitative estimate of drug-likeness (QED) is 0.649. The van der Waals surface area contributed by atoms with E-state index in [9.17, 15) is 4.79 Å². The molecule has 0 unspecified atom stereocenters. The van der Waals surface area contributed by atoms with Gasteiger partial charge in [-0.15, -0.1) is 0 Å². The maximum absolute atomic E-state index is 11.9. The van der Waals surface area contributed by atoms with Crippen molar-refractivity contribution >= 4 is 22.0 Å². The predicted molar refractivity (Wildman–Crippen MR) is 70.8 cm³/mol. The summed E-state index contributed by atoms with van der Waals surface area (Å²) in [6.45, 7) is 4.23. The van der Waals surface area contributed by atoms with Crippen LogP contribution in [0.15, 0.2) is 39.8 Å². The Hall–Kier alpha value is -2.10. The van der Waals surface area contributed by atoms with E-state index in [0.29, 0.717) is 17.1 Å². The highest BCUT2D eigenvalue weighted by Crippen LogP contribution is 2.25. The zero-order valence-corrected chi connectivity index (χ0v) is 10.4. The minimum Gasteiger partial charge on any atom is -0.421 e. The zero-order valence-electron chi connectivity index (χ0n) is 10.4. The van der Waals surface area contributed by atoms with Crippen LogP contribution in [0.25, 0.3) is 22.0 Å². The molecule has 0 saturated carbocycles. The lowest BCUT2D eigenvalue weighted by atomic mass is 10.2. The van der Waals surface area contributed by atoms with Crippen molar-refractivity contribution in [1.29, 1.82) is 0 Å². The summed E-state index contributed by atoms with van der Waals surface area (Å²) in [5, 5.41) is 0.935. The fourth-order valence-corrected chi connectivity index (χ4v) is 2.21. The van der Waals surface area contributed by atoms with Crippen molar-refractivity contribution in [1.82, 2.24) is 9.55 Å². The van der Waals surface area contributed by atoms with Crippen LogP contribution in [0.5, 0.6) is 0 Å². The Labute approximate surface area is 104 Å². The number of fused-ring (bicyclic) bond motifs is 3. The molecule has 2 heterocycles. The summed E-state index contributed by atoms with van der Waals surface area (Å²) in [6.07, 6.45) is 2.71. The van der Waals surface area contributed by atoms with Gasteiger partial charge in [0.05, 0.1) is 11.8 Å². The van der Waals surface area contributed by atoms with Crippen LogP contribution < -0.4 is 5.63 Å². The maximum Gasteiger partial charge on any atom is 0.364 e. The highest BCUT2D eigenvalue weighted by molar-refractivity contribution is 6.00. The van der Waals surface area contributed by atoms with Crippen molar-refractivity contribution in [2.24, 2.45) is 0 Å². The zero-order chi connectivity index (χ0) is 12.7.